The second-order valence-electron chi connectivity index (χ2n) is 12.3. The molecule has 0 atom stereocenters. The van der Waals surface area contributed by atoms with E-state index in [-0.39, 0.29) is 14.9 Å². The van der Waals surface area contributed by atoms with Gasteiger partial charge in [-0.25, -0.2) is 0 Å². The molecule has 44 heavy (non-hydrogen) atoms. The average molecular weight is 627 g/mol. The monoisotopic (exact) mass is 627 g/mol. The van der Waals surface area contributed by atoms with Crippen LogP contribution >= 0.6 is 0 Å². The quantitative estimate of drug-likeness (QED) is 0.0239. The van der Waals surface area contributed by atoms with E-state index >= 15 is 0 Å². The fraction of sp³-hybridized carbons (Fsp3) is 0.889. The van der Waals surface area contributed by atoms with E-state index in [0.29, 0.717) is 0 Å². The summed E-state index contributed by atoms with van der Waals surface area (Å²) in [6.45, 7) is 5.53. The SMILES string of the molecule is NCCCCCCCCCCCCCNC(N)=[NH+]CCCCCCCCCCCCC[NH+]=C(N)NCCCCCCN.[CH3-].[CH3-]. The largest absolute Gasteiger partial charge is 0.358 e. The Morgan fingerprint density at radius 3 is 0.841 bits per heavy atom. The van der Waals surface area contributed by atoms with E-state index in [0.717, 1.165) is 64.0 Å². The highest BCUT2D eigenvalue weighted by Gasteiger charge is 2.00. The lowest BCUT2D eigenvalue weighted by atomic mass is 10.1. The third-order valence-electron chi connectivity index (χ3n) is 8.13. The Hall–Kier alpha value is -1.54. The molecule has 0 aromatic rings. The molecule has 0 rings (SSSR count). The van der Waals surface area contributed by atoms with Crippen molar-refractivity contribution in [2.45, 2.75) is 167 Å². The molecule has 0 bridgehead atoms. The van der Waals surface area contributed by atoms with Crippen molar-refractivity contribution in [2.24, 2.45) is 22.9 Å². The van der Waals surface area contributed by atoms with Gasteiger partial charge in [0.25, 0.3) is 0 Å². The summed E-state index contributed by atoms with van der Waals surface area (Å²) in [5.41, 5.74) is 23.1. The molecule has 0 aromatic heterocycles. The molecule has 0 radical (unpaired) electrons. The van der Waals surface area contributed by atoms with Crippen LogP contribution in [0.25, 0.3) is 0 Å². The summed E-state index contributed by atoms with van der Waals surface area (Å²) in [4.78, 5) is 6.65. The normalized spacial score (nSPS) is 11.7. The number of hydrogen-bond acceptors (Lipinski definition) is 2. The fourth-order valence-electron chi connectivity index (χ4n) is 5.34. The highest BCUT2D eigenvalue weighted by molar-refractivity contribution is 5.71. The Labute approximate surface area is 276 Å². The molecule has 0 amide bonds. The van der Waals surface area contributed by atoms with Crippen molar-refractivity contribution in [3.05, 3.63) is 14.9 Å². The molecule has 0 aromatic carbocycles. The first kappa shape index (κ1) is 46.9. The van der Waals surface area contributed by atoms with Gasteiger partial charge in [0.1, 0.15) is 0 Å². The van der Waals surface area contributed by atoms with Gasteiger partial charge in [-0.1, -0.05) is 128 Å². The predicted octanol–water partition coefficient (Wildman–Crippen LogP) is 3.92. The summed E-state index contributed by atoms with van der Waals surface area (Å²) in [7, 11) is 0. The molecule has 0 aliphatic heterocycles. The molecule has 0 saturated heterocycles. The van der Waals surface area contributed by atoms with E-state index in [4.69, 9.17) is 22.9 Å². The Bertz CT molecular complexity index is 582. The number of hydrogen-bond donors (Lipinski definition) is 8. The standard InChI is InChI=1S/C34H74N8.2CH3/c35-27-21-15-11-7-3-1-4-8-12-17-23-29-39-33(37)40-30-24-18-13-9-5-2-6-10-14-19-25-31-41-34(38)42-32-26-20-16-22-28-36;;/h1-32,35-36H2,(H3,37,39,40)(H3,38,41,42);2*1H3/q;2*-1/p+2. The molecule has 266 valence electrons. The van der Waals surface area contributed by atoms with Crippen LogP contribution in [0.4, 0.5) is 0 Å². The van der Waals surface area contributed by atoms with Crippen molar-refractivity contribution in [1.82, 2.24) is 10.6 Å². The van der Waals surface area contributed by atoms with Gasteiger partial charge in [0.05, 0.1) is 26.2 Å². The Morgan fingerprint density at radius 2 is 0.568 bits per heavy atom. The third kappa shape index (κ3) is 40.5. The van der Waals surface area contributed by atoms with E-state index in [1.54, 1.807) is 0 Å². The van der Waals surface area contributed by atoms with Crippen LogP contribution in [-0.2, 0) is 0 Å². The third-order valence-corrected chi connectivity index (χ3v) is 8.13. The van der Waals surface area contributed by atoms with Crippen LogP contribution in [0.1, 0.15) is 167 Å². The Kier molecular flexibility index (Phi) is 44.2. The van der Waals surface area contributed by atoms with E-state index in [1.807, 2.05) is 0 Å². The summed E-state index contributed by atoms with van der Waals surface area (Å²) in [5, 5.41) is 6.61. The summed E-state index contributed by atoms with van der Waals surface area (Å²) >= 11 is 0. The first-order valence-corrected chi connectivity index (χ1v) is 18.3. The number of nitrogens with one attached hydrogen (secondary N) is 4. The van der Waals surface area contributed by atoms with E-state index in [2.05, 4.69) is 20.6 Å². The summed E-state index contributed by atoms with van der Waals surface area (Å²) in [5.74, 6) is 1.48. The highest BCUT2D eigenvalue weighted by atomic mass is 15.1. The predicted molar refractivity (Wildman–Crippen MR) is 197 cm³/mol. The van der Waals surface area contributed by atoms with Crippen LogP contribution < -0.4 is 43.6 Å². The molecule has 0 aliphatic rings. The van der Waals surface area contributed by atoms with Gasteiger partial charge in [-0.15, -0.1) is 0 Å². The molecule has 0 aliphatic carbocycles. The minimum Gasteiger partial charge on any atom is -0.358 e. The van der Waals surface area contributed by atoms with Crippen molar-refractivity contribution >= 4 is 11.9 Å². The number of rotatable bonds is 33. The summed E-state index contributed by atoms with van der Waals surface area (Å²) in [6, 6.07) is 0. The first-order valence-electron chi connectivity index (χ1n) is 18.3. The van der Waals surface area contributed by atoms with E-state index in [1.165, 1.54) is 154 Å². The van der Waals surface area contributed by atoms with Gasteiger partial charge in [0.15, 0.2) is 0 Å². The van der Waals surface area contributed by atoms with E-state index < -0.39 is 0 Å². The van der Waals surface area contributed by atoms with Crippen molar-refractivity contribution < 1.29 is 9.98 Å². The van der Waals surface area contributed by atoms with Crippen LogP contribution in [0.2, 0.25) is 0 Å². The van der Waals surface area contributed by atoms with Crippen LogP contribution in [0.3, 0.4) is 0 Å². The van der Waals surface area contributed by atoms with Crippen molar-refractivity contribution in [3.63, 3.8) is 0 Å². The van der Waals surface area contributed by atoms with Gasteiger partial charge in [-0.2, -0.15) is 0 Å². The van der Waals surface area contributed by atoms with Crippen molar-refractivity contribution in [1.29, 1.82) is 0 Å². The lowest BCUT2D eigenvalue weighted by Gasteiger charge is -2.03. The maximum Gasteiger partial charge on any atom is 0.341 e. The molecule has 12 N–H and O–H groups in total. The number of nitrogens with two attached hydrogens (primary N) is 4. The zero-order chi connectivity index (χ0) is 30.6. The maximum atomic E-state index is 6.08. The second kappa shape index (κ2) is 41.5. The van der Waals surface area contributed by atoms with Crippen LogP contribution in [-0.4, -0.2) is 51.2 Å². The minimum atomic E-state index is 0. The van der Waals surface area contributed by atoms with Crippen LogP contribution in [0, 0.1) is 14.9 Å². The number of unbranched alkanes of at least 4 members (excludes halogenated alkanes) is 23. The lowest BCUT2D eigenvalue weighted by Crippen LogP contribution is -2.78. The topological polar surface area (TPSA) is 156 Å². The molecule has 8 heteroatoms. The zero-order valence-corrected chi connectivity index (χ0v) is 29.9. The summed E-state index contributed by atoms with van der Waals surface area (Å²) in [6.07, 6.45) is 33.9. The lowest BCUT2D eigenvalue weighted by molar-refractivity contribution is -0.461. The molecule has 0 spiro atoms. The van der Waals surface area contributed by atoms with Gasteiger partial charge in [0.2, 0.25) is 0 Å². The molecule has 0 fully saturated rings. The smallest absolute Gasteiger partial charge is 0.341 e. The zero-order valence-electron chi connectivity index (χ0n) is 29.9. The van der Waals surface area contributed by atoms with Gasteiger partial charge in [0, 0.05) is 0 Å². The van der Waals surface area contributed by atoms with Gasteiger partial charge >= 0.3 is 11.9 Å². The molecule has 0 unspecified atom stereocenters. The van der Waals surface area contributed by atoms with Gasteiger partial charge in [-0.05, 0) is 51.6 Å². The van der Waals surface area contributed by atoms with Crippen molar-refractivity contribution in [2.75, 3.05) is 39.3 Å². The maximum absolute atomic E-state index is 6.08. The molecule has 8 nitrogen and oxygen atoms in total. The second-order valence-corrected chi connectivity index (χ2v) is 12.3. The van der Waals surface area contributed by atoms with Gasteiger partial charge < -0.3 is 26.3 Å². The molecular weight excluding hydrogens is 544 g/mol. The minimum absolute atomic E-state index is 0. The molecular formula is C36H82N8. The molecule has 0 heterocycles. The van der Waals surface area contributed by atoms with Crippen molar-refractivity contribution in [3.8, 4) is 0 Å². The Balaban J connectivity index is -0.00000840. The average Bonchev–Trinajstić information content (AvgIpc) is 2.99. The highest BCUT2D eigenvalue weighted by Crippen LogP contribution is 2.12. The van der Waals surface area contributed by atoms with Gasteiger partial charge in [-0.3, -0.25) is 32.1 Å². The Morgan fingerprint density at radius 1 is 0.341 bits per heavy atom. The van der Waals surface area contributed by atoms with Crippen LogP contribution in [0.15, 0.2) is 0 Å². The number of guanidine groups is 2. The summed E-state index contributed by atoms with van der Waals surface area (Å²) < 4.78 is 0. The molecule has 0 saturated carbocycles. The van der Waals surface area contributed by atoms with E-state index in [9.17, 15) is 0 Å². The van der Waals surface area contributed by atoms with Crippen LogP contribution in [0.5, 0.6) is 0 Å². The first-order chi connectivity index (χ1) is 20.7. The fourth-order valence-corrected chi connectivity index (χ4v) is 5.34.